The molecule has 0 atom stereocenters. The summed E-state index contributed by atoms with van der Waals surface area (Å²) in [4.78, 5) is 22.3. The zero-order valence-corrected chi connectivity index (χ0v) is 14.8. The highest BCUT2D eigenvalue weighted by molar-refractivity contribution is 5.78. The van der Waals surface area contributed by atoms with E-state index in [9.17, 15) is 4.79 Å². The standard InChI is InChI=1S/C21H23N3O/c1-14(2)10-15-5-8-19-18(11-15)21(25)24(20(23-19)17-6-7-17)13-16-4-3-9-22-12-16/h3-5,8-9,11-12,14,17H,6-7,10,13H2,1-2H3. The first-order chi connectivity index (χ1) is 12.1. The fourth-order valence-electron chi connectivity index (χ4n) is 3.36. The van der Waals surface area contributed by atoms with Gasteiger partial charge in [-0.15, -0.1) is 0 Å². The molecule has 0 radical (unpaired) electrons. The van der Waals surface area contributed by atoms with E-state index in [0.717, 1.165) is 41.6 Å². The van der Waals surface area contributed by atoms with Gasteiger partial charge in [0.05, 0.1) is 17.4 Å². The van der Waals surface area contributed by atoms with E-state index in [4.69, 9.17) is 4.98 Å². The van der Waals surface area contributed by atoms with E-state index in [0.29, 0.717) is 18.4 Å². The molecule has 0 bridgehead atoms. The van der Waals surface area contributed by atoms with Crippen LogP contribution in [0.5, 0.6) is 0 Å². The zero-order valence-electron chi connectivity index (χ0n) is 14.8. The Morgan fingerprint density at radius 3 is 2.72 bits per heavy atom. The largest absolute Gasteiger partial charge is 0.291 e. The number of hydrogen-bond donors (Lipinski definition) is 0. The van der Waals surface area contributed by atoms with Crippen LogP contribution in [-0.2, 0) is 13.0 Å². The summed E-state index contributed by atoms with van der Waals surface area (Å²) in [6.45, 7) is 4.93. The molecule has 1 aliphatic carbocycles. The van der Waals surface area contributed by atoms with Crippen LogP contribution in [0, 0.1) is 5.92 Å². The summed E-state index contributed by atoms with van der Waals surface area (Å²) in [5, 5.41) is 0.728. The fourth-order valence-corrected chi connectivity index (χ4v) is 3.36. The molecule has 1 saturated carbocycles. The maximum atomic E-state index is 13.2. The van der Waals surface area contributed by atoms with Gasteiger partial charge in [0.2, 0.25) is 0 Å². The molecule has 3 aromatic rings. The van der Waals surface area contributed by atoms with Gasteiger partial charge < -0.3 is 0 Å². The molecular formula is C21H23N3O. The van der Waals surface area contributed by atoms with Crippen molar-refractivity contribution in [3.63, 3.8) is 0 Å². The molecule has 2 aromatic heterocycles. The second-order valence-corrected chi connectivity index (χ2v) is 7.45. The lowest BCUT2D eigenvalue weighted by molar-refractivity contribution is 0.647. The van der Waals surface area contributed by atoms with Crippen LogP contribution in [0.25, 0.3) is 10.9 Å². The van der Waals surface area contributed by atoms with E-state index in [-0.39, 0.29) is 5.56 Å². The smallest absolute Gasteiger partial charge is 0.261 e. The first-order valence-electron chi connectivity index (χ1n) is 9.04. The molecule has 25 heavy (non-hydrogen) atoms. The SMILES string of the molecule is CC(C)Cc1ccc2nc(C3CC3)n(Cc3cccnc3)c(=O)c2c1. The van der Waals surface area contributed by atoms with Crippen molar-refractivity contribution in [2.75, 3.05) is 0 Å². The lowest BCUT2D eigenvalue weighted by Gasteiger charge is -2.14. The van der Waals surface area contributed by atoms with Gasteiger partial charge in [-0.3, -0.25) is 14.3 Å². The lowest BCUT2D eigenvalue weighted by Crippen LogP contribution is -2.26. The maximum Gasteiger partial charge on any atom is 0.261 e. The number of aromatic nitrogens is 3. The minimum absolute atomic E-state index is 0.0707. The van der Waals surface area contributed by atoms with Gasteiger partial charge in [-0.2, -0.15) is 0 Å². The van der Waals surface area contributed by atoms with Crippen molar-refractivity contribution in [3.8, 4) is 0 Å². The van der Waals surface area contributed by atoms with Crippen molar-refractivity contribution in [2.45, 2.75) is 45.6 Å². The molecule has 1 aromatic carbocycles. The number of hydrogen-bond acceptors (Lipinski definition) is 3. The van der Waals surface area contributed by atoms with Crippen molar-refractivity contribution in [3.05, 3.63) is 70.0 Å². The summed E-state index contributed by atoms with van der Waals surface area (Å²) in [6, 6.07) is 10.1. The fraction of sp³-hybridized carbons (Fsp3) is 0.381. The third-order valence-electron chi connectivity index (χ3n) is 4.70. The molecule has 0 amide bonds. The highest BCUT2D eigenvalue weighted by Crippen LogP contribution is 2.39. The Morgan fingerprint density at radius 1 is 1.20 bits per heavy atom. The molecule has 0 N–H and O–H groups in total. The second kappa shape index (κ2) is 6.43. The predicted molar refractivity (Wildman–Crippen MR) is 99.9 cm³/mol. The van der Waals surface area contributed by atoms with Crippen LogP contribution in [0.1, 0.15) is 49.6 Å². The minimum atomic E-state index is 0.0707. The number of pyridine rings is 1. The zero-order chi connectivity index (χ0) is 17.4. The Balaban J connectivity index is 1.85. The number of fused-ring (bicyclic) bond motifs is 1. The summed E-state index contributed by atoms with van der Waals surface area (Å²) in [6.07, 6.45) is 6.79. The van der Waals surface area contributed by atoms with E-state index in [1.54, 1.807) is 6.20 Å². The van der Waals surface area contributed by atoms with Crippen molar-refractivity contribution >= 4 is 10.9 Å². The molecule has 4 nitrogen and oxygen atoms in total. The highest BCUT2D eigenvalue weighted by atomic mass is 16.1. The summed E-state index contributed by atoms with van der Waals surface area (Å²) in [5.74, 6) is 1.91. The van der Waals surface area contributed by atoms with Crippen LogP contribution in [0.4, 0.5) is 0 Å². The third kappa shape index (κ3) is 3.34. The topological polar surface area (TPSA) is 47.8 Å². The van der Waals surface area contributed by atoms with Gasteiger partial charge in [-0.25, -0.2) is 4.98 Å². The molecule has 4 rings (SSSR count). The molecule has 4 heteroatoms. The van der Waals surface area contributed by atoms with E-state index < -0.39 is 0 Å². The van der Waals surface area contributed by atoms with Gasteiger partial charge in [-0.1, -0.05) is 26.0 Å². The molecule has 0 unspecified atom stereocenters. The quantitative estimate of drug-likeness (QED) is 0.711. The van der Waals surface area contributed by atoms with E-state index in [1.807, 2.05) is 35.0 Å². The number of nitrogens with zero attached hydrogens (tertiary/aromatic N) is 3. The average Bonchev–Trinajstić information content (AvgIpc) is 3.43. The summed E-state index contributed by atoms with van der Waals surface area (Å²) in [7, 11) is 0. The van der Waals surface area contributed by atoms with Crippen LogP contribution in [0.3, 0.4) is 0 Å². The number of benzene rings is 1. The Bertz CT molecular complexity index is 956. The van der Waals surface area contributed by atoms with Crippen molar-refractivity contribution < 1.29 is 0 Å². The molecule has 0 spiro atoms. The van der Waals surface area contributed by atoms with Crippen LogP contribution < -0.4 is 5.56 Å². The predicted octanol–water partition coefficient (Wildman–Crippen LogP) is 3.92. The Morgan fingerprint density at radius 2 is 2.04 bits per heavy atom. The maximum absolute atomic E-state index is 13.2. The second-order valence-electron chi connectivity index (χ2n) is 7.45. The first-order valence-corrected chi connectivity index (χ1v) is 9.04. The van der Waals surface area contributed by atoms with Gasteiger partial charge >= 0.3 is 0 Å². The van der Waals surface area contributed by atoms with Gasteiger partial charge in [0.1, 0.15) is 5.82 Å². The van der Waals surface area contributed by atoms with Gasteiger partial charge in [0.15, 0.2) is 0 Å². The molecule has 0 saturated heterocycles. The van der Waals surface area contributed by atoms with Crippen LogP contribution in [0.2, 0.25) is 0 Å². The molecule has 1 aliphatic rings. The normalized spacial score (nSPS) is 14.4. The van der Waals surface area contributed by atoms with Crippen molar-refractivity contribution in [2.24, 2.45) is 5.92 Å². The number of rotatable bonds is 5. The van der Waals surface area contributed by atoms with Crippen molar-refractivity contribution in [1.29, 1.82) is 0 Å². The minimum Gasteiger partial charge on any atom is -0.291 e. The first kappa shape index (κ1) is 16.0. The monoisotopic (exact) mass is 333 g/mol. The van der Waals surface area contributed by atoms with Gasteiger partial charge in [-0.05, 0) is 54.5 Å². The molecule has 2 heterocycles. The van der Waals surface area contributed by atoms with E-state index >= 15 is 0 Å². The summed E-state index contributed by atoms with van der Waals surface area (Å²) in [5.41, 5.74) is 3.13. The average molecular weight is 333 g/mol. The van der Waals surface area contributed by atoms with Crippen LogP contribution in [0.15, 0.2) is 47.5 Å². The Kier molecular flexibility index (Phi) is 4.12. The van der Waals surface area contributed by atoms with Crippen LogP contribution in [-0.4, -0.2) is 14.5 Å². The summed E-state index contributed by atoms with van der Waals surface area (Å²) < 4.78 is 1.86. The lowest BCUT2D eigenvalue weighted by atomic mass is 10.0. The van der Waals surface area contributed by atoms with Gasteiger partial charge in [0.25, 0.3) is 5.56 Å². The Hall–Kier alpha value is -2.49. The van der Waals surface area contributed by atoms with Crippen molar-refractivity contribution in [1.82, 2.24) is 14.5 Å². The summed E-state index contributed by atoms with van der Waals surface area (Å²) >= 11 is 0. The molecule has 128 valence electrons. The van der Waals surface area contributed by atoms with E-state index in [1.165, 1.54) is 5.56 Å². The third-order valence-corrected chi connectivity index (χ3v) is 4.70. The van der Waals surface area contributed by atoms with Gasteiger partial charge in [0, 0.05) is 18.3 Å². The van der Waals surface area contributed by atoms with E-state index in [2.05, 4.69) is 24.9 Å². The Labute approximate surface area is 147 Å². The van der Waals surface area contributed by atoms with Crippen LogP contribution >= 0.6 is 0 Å². The highest BCUT2D eigenvalue weighted by Gasteiger charge is 2.29. The molecular weight excluding hydrogens is 310 g/mol. The molecule has 1 fully saturated rings. The molecule has 0 aliphatic heterocycles.